The first-order valence-electron chi connectivity index (χ1n) is 9.13. The molecule has 0 spiro atoms. The van der Waals surface area contributed by atoms with Crippen molar-refractivity contribution in [1.29, 1.82) is 0 Å². The molecular weight excluding hydrogens is 441 g/mol. The van der Waals surface area contributed by atoms with Gasteiger partial charge in [0.2, 0.25) is 0 Å². The Morgan fingerprint density at radius 2 is 1.62 bits per heavy atom. The van der Waals surface area contributed by atoms with Crippen molar-refractivity contribution >= 4 is 35.9 Å². The largest absolute Gasteiger partial charge is 0.469 e. The molecule has 0 bridgehead atoms. The first-order valence-corrected chi connectivity index (χ1v) is 9.13. The molecule has 0 aliphatic rings. The third-order valence-corrected chi connectivity index (χ3v) is 4.04. The molecule has 148 valence electrons. The van der Waals surface area contributed by atoms with Crippen LogP contribution in [0.2, 0.25) is 0 Å². The van der Waals surface area contributed by atoms with Crippen LogP contribution >= 0.6 is 24.0 Å². The van der Waals surface area contributed by atoms with Crippen LogP contribution < -0.4 is 10.6 Å². The number of ether oxygens (including phenoxy) is 1. The third-order valence-electron chi connectivity index (χ3n) is 4.04. The van der Waals surface area contributed by atoms with E-state index in [1.54, 1.807) is 7.05 Å². The lowest BCUT2D eigenvalue weighted by Crippen LogP contribution is -2.38. The van der Waals surface area contributed by atoms with Crippen LogP contribution in [0.4, 0.5) is 0 Å². The highest BCUT2D eigenvalue weighted by atomic mass is 127. The number of hydrogen-bond acceptors (Lipinski definition) is 3. The van der Waals surface area contributed by atoms with E-state index >= 15 is 0 Å². The van der Waals surface area contributed by atoms with Gasteiger partial charge in [0.15, 0.2) is 5.96 Å². The van der Waals surface area contributed by atoms with Gasteiger partial charge in [0.1, 0.15) is 0 Å². The summed E-state index contributed by atoms with van der Waals surface area (Å²) in [5.74, 6) is 0.727. The Balaban J connectivity index is 0.00000625. The summed E-state index contributed by atoms with van der Waals surface area (Å²) in [5, 5.41) is 6.70. The molecule has 0 radical (unpaired) electrons. The summed E-state index contributed by atoms with van der Waals surface area (Å²) in [7, 11) is 3.23. The van der Waals surface area contributed by atoms with Crippen molar-refractivity contribution in [3.8, 4) is 0 Å². The Hall–Kier alpha value is -1.31. The number of methoxy groups -OCH3 is 1. The zero-order valence-corrected chi connectivity index (χ0v) is 18.9. The minimum Gasteiger partial charge on any atom is -0.469 e. The number of aryl methyl sites for hydroxylation is 2. The van der Waals surface area contributed by atoms with Gasteiger partial charge in [-0.1, -0.05) is 42.2 Å². The average Bonchev–Trinajstić information content (AvgIpc) is 2.58. The smallest absolute Gasteiger partial charge is 0.305 e. The zero-order valence-electron chi connectivity index (χ0n) is 16.6. The first-order chi connectivity index (χ1) is 12.0. The van der Waals surface area contributed by atoms with E-state index in [4.69, 9.17) is 0 Å². The van der Waals surface area contributed by atoms with Crippen molar-refractivity contribution in [2.45, 2.75) is 52.4 Å². The van der Waals surface area contributed by atoms with E-state index in [-0.39, 0.29) is 29.9 Å². The SMILES string of the molecule is CN=C(NCCCCCCC(=O)OC)NCCc1cc(C)cc(C)c1.I. The molecule has 1 rings (SSSR count). The van der Waals surface area contributed by atoms with Crippen LogP contribution in [-0.2, 0) is 16.0 Å². The number of halogens is 1. The van der Waals surface area contributed by atoms with Gasteiger partial charge in [0.05, 0.1) is 7.11 Å². The minimum absolute atomic E-state index is 0. The molecular formula is C20H34IN3O2. The Bertz CT molecular complexity index is 542. The minimum atomic E-state index is -0.119. The van der Waals surface area contributed by atoms with Crippen molar-refractivity contribution in [2.75, 3.05) is 27.2 Å². The van der Waals surface area contributed by atoms with Crippen molar-refractivity contribution in [3.63, 3.8) is 0 Å². The summed E-state index contributed by atoms with van der Waals surface area (Å²) in [4.78, 5) is 15.3. The average molecular weight is 475 g/mol. The molecule has 0 unspecified atom stereocenters. The predicted molar refractivity (Wildman–Crippen MR) is 120 cm³/mol. The molecule has 1 aromatic rings. The molecule has 0 aliphatic heterocycles. The number of esters is 1. The molecule has 2 N–H and O–H groups in total. The Morgan fingerprint density at radius 3 is 2.23 bits per heavy atom. The fraction of sp³-hybridized carbons (Fsp3) is 0.600. The number of rotatable bonds is 10. The molecule has 0 aromatic heterocycles. The lowest BCUT2D eigenvalue weighted by Gasteiger charge is -2.12. The van der Waals surface area contributed by atoms with Gasteiger partial charge in [-0.3, -0.25) is 9.79 Å². The summed E-state index contributed by atoms with van der Waals surface area (Å²) in [6.07, 6.45) is 5.62. The number of nitrogens with one attached hydrogen (secondary N) is 2. The van der Waals surface area contributed by atoms with Gasteiger partial charge in [-0.25, -0.2) is 0 Å². The molecule has 6 heteroatoms. The maximum absolute atomic E-state index is 11.0. The van der Waals surface area contributed by atoms with Crippen LogP contribution in [0.1, 0.15) is 48.8 Å². The van der Waals surface area contributed by atoms with E-state index in [1.165, 1.54) is 23.8 Å². The molecule has 26 heavy (non-hydrogen) atoms. The van der Waals surface area contributed by atoms with Gasteiger partial charge in [0, 0.05) is 26.6 Å². The highest BCUT2D eigenvalue weighted by Crippen LogP contribution is 2.09. The van der Waals surface area contributed by atoms with E-state index in [0.29, 0.717) is 6.42 Å². The summed E-state index contributed by atoms with van der Waals surface area (Å²) in [5.41, 5.74) is 3.97. The van der Waals surface area contributed by atoms with E-state index < -0.39 is 0 Å². The Labute approximate surface area is 175 Å². The van der Waals surface area contributed by atoms with Crippen molar-refractivity contribution < 1.29 is 9.53 Å². The van der Waals surface area contributed by atoms with Crippen LogP contribution in [0, 0.1) is 13.8 Å². The quantitative estimate of drug-likeness (QED) is 0.178. The van der Waals surface area contributed by atoms with Crippen LogP contribution in [0.3, 0.4) is 0 Å². The molecule has 0 atom stereocenters. The number of guanidine groups is 1. The summed E-state index contributed by atoms with van der Waals surface area (Å²) in [6.45, 7) is 6.02. The summed E-state index contributed by atoms with van der Waals surface area (Å²) < 4.78 is 4.63. The lowest BCUT2D eigenvalue weighted by atomic mass is 10.1. The van der Waals surface area contributed by atoms with Gasteiger partial charge in [-0.15, -0.1) is 24.0 Å². The molecule has 1 aromatic carbocycles. The fourth-order valence-electron chi connectivity index (χ4n) is 2.82. The summed E-state index contributed by atoms with van der Waals surface area (Å²) >= 11 is 0. The topological polar surface area (TPSA) is 62.7 Å². The normalized spacial score (nSPS) is 10.8. The number of hydrogen-bond donors (Lipinski definition) is 2. The molecule has 5 nitrogen and oxygen atoms in total. The number of carbonyl (C=O) groups excluding carboxylic acids is 1. The van der Waals surface area contributed by atoms with E-state index in [9.17, 15) is 4.79 Å². The highest BCUT2D eigenvalue weighted by molar-refractivity contribution is 14.0. The van der Waals surface area contributed by atoms with Crippen molar-refractivity contribution in [1.82, 2.24) is 10.6 Å². The molecule has 0 amide bonds. The van der Waals surface area contributed by atoms with E-state index in [1.807, 2.05) is 0 Å². The monoisotopic (exact) mass is 475 g/mol. The van der Waals surface area contributed by atoms with Gasteiger partial charge in [-0.05, 0) is 38.7 Å². The summed E-state index contributed by atoms with van der Waals surface area (Å²) in [6, 6.07) is 6.67. The molecule has 0 fully saturated rings. The van der Waals surface area contributed by atoms with Gasteiger partial charge < -0.3 is 15.4 Å². The Morgan fingerprint density at radius 1 is 1.00 bits per heavy atom. The number of aliphatic imine (C=N–C) groups is 1. The second-order valence-corrected chi connectivity index (χ2v) is 6.41. The maximum atomic E-state index is 11.0. The van der Waals surface area contributed by atoms with E-state index in [0.717, 1.165) is 51.2 Å². The number of benzene rings is 1. The van der Waals surface area contributed by atoms with Crippen molar-refractivity contribution in [2.24, 2.45) is 4.99 Å². The van der Waals surface area contributed by atoms with Crippen LogP contribution in [0.15, 0.2) is 23.2 Å². The standard InChI is InChI=1S/C20H33N3O2.HI/c1-16-13-17(2)15-18(14-16)10-12-23-20(21-3)22-11-8-6-5-7-9-19(24)25-4;/h13-15H,5-12H2,1-4H3,(H2,21,22,23);1H. The number of carbonyl (C=O) groups is 1. The predicted octanol–water partition coefficient (Wildman–Crippen LogP) is 3.75. The second-order valence-electron chi connectivity index (χ2n) is 6.41. The van der Waals surface area contributed by atoms with E-state index in [2.05, 4.69) is 52.4 Å². The van der Waals surface area contributed by atoms with Crippen molar-refractivity contribution in [3.05, 3.63) is 34.9 Å². The fourth-order valence-corrected chi connectivity index (χ4v) is 2.82. The van der Waals surface area contributed by atoms with Gasteiger partial charge in [0.25, 0.3) is 0 Å². The van der Waals surface area contributed by atoms with Crippen LogP contribution in [0.5, 0.6) is 0 Å². The van der Waals surface area contributed by atoms with Crippen LogP contribution in [0.25, 0.3) is 0 Å². The first kappa shape index (κ1) is 24.7. The number of unbranched alkanes of at least 4 members (excludes halogenated alkanes) is 3. The van der Waals surface area contributed by atoms with Gasteiger partial charge in [-0.2, -0.15) is 0 Å². The highest BCUT2D eigenvalue weighted by Gasteiger charge is 2.01. The Kier molecular flexibility index (Phi) is 14.1. The zero-order chi connectivity index (χ0) is 18.5. The molecule has 0 saturated carbocycles. The molecule has 0 saturated heterocycles. The number of nitrogens with zero attached hydrogens (tertiary/aromatic N) is 1. The van der Waals surface area contributed by atoms with Gasteiger partial charge >= 0.3 is 5.97 Å². The molecule has 0 heterocycles. The third kappa shape index (κ3) is 11.3. The molecule has 0 aliphatic carbocycles. The van der Waals surface area contributed by atoms with Crippen LogP contribution in [-0.4, -0.2) is 39.2 Å². The lowest BCUT2D eigenvalue weighted by molar-refractivity contribution is -0.140. The second kappa shape index (κ2) is 14.8. The maximum Gasteiger partial charge on any atom is 0.305 e.